The number of amides is 1. The number of carbonyl (C=O) groups excluding carboxylic acids is 1. The van der Waals surface area contributed by atoms with E-state index in [2.05, 4.69) is 0 Å². The van der Waals surface area contributed by atoms with E-state index in [0.717, 1.165) is 4.90 Å². The molecule has 0 radical (unpaired) electrons. The highest BCUT2D eigenvalue weighted by atomic mass is 35.5. The number of hydrogen-bond acceptors (Lipinski definition) is 3. The van der Waals surface area contributed by atoms with E-state index < -0.39 is 12.5 Å². The van der Waals surface area contributed by atoms with Crippen LogP contribution in [0.1, 0.15) is 0 Å². The van der Waals surface area contributed by atoms with E-state index in [1.165, 1.54) is 13.2 Å². The third-order valence-corrected chi connectivity index (χ3v) is 2.12. The Bertz CT molecular complexity index is 408. The van der Waals surface area contributed by atoms with Gasteiger partial charge in [-0.1, -0.05) is 11.6 Å². The van der Waals surface area contributed by atoms with E-state index in [4.69, 9.17) is 21.4 Å². The van der Waals surface area contributed by atoms with E-state index in [-0.39, 0.29) is 0 Å². The molecule has 0 bridgehead atoms. The molecule has 0 atom stereocenters. The van der Waals surface area contributed by atoms with Gasteiger partial charge in [0.2, 0.25) is 6.41 Å². The molecule has 6 heteroatoms. The molecule has 1 aromatic carbocycles. The van der Waals surface area contributed by atoms with Crippen molar-refractivity contribution in [2.45, 2.75) is 0 Å². The molecule has 0 aliphatic heterocycles. The SMILES string of the molecule is COc1ccc(Cl)cc1N(C=O)CC(=O)O. The van der Waals surface area contributed by atoms with Gasteiger partial charge in [0.1, 0.15) is 12.3 Å². The molecule has 0 spiro atoms. The molecule has 0 saturated carbocycles. The van der Waals surface area contributed by atoms with Crippen molar-refractivity contribution >= 4 is 29.7 Å². The molecule has 86 valence electrons. The summed E-state index contributed by atoms with van der Waals surface area (Å²) in [5, 5.41) is 9.03. The van der Waals surface area contributed by atoms with Crippen molar-refractivity contribution in [1.29, 1.82) is 0 Å². The molecule has 1 rings (SSSR count). The van der Waals surface area contributed by atoms with Crippen molar-refractivity contribution < 1.29 is 19.4 Å². The van der Waals surface area contributed by atoms with Gasteiger partial charge in [-0.3, -0.25) is 9.59 Å². The lowest BCUT2D eigenvalue weighted by atomic mass is 10.2. The smallest absolute Gasteiger partial charge is 0.323 e. The van der Waals surface area contributed by atoms with Gasteiger partial charge in [-0.05, 0) is 18.2 Å². The maximum absolute atomic E-state index is 10.8. The summed E-state index contributed by atoms with van der Waals surface area (Å²) in [5.41, 5.74) is 0.326. The van der Waals surface area contributed by atoms with E-state index in [0.29, 0.717) is 22.9 Å². The number of methoxy groups -OCH3 is 1. The van der Waals surface area contributed by atoms with Crippen LogP contribution >= 0.6 is 11.6 Å². The van der Waals surface area contributed by atoms with Crippen LogP contribution in [0.15, 0.2) is 18.2 Å². The Morgan fingerprint density at radius 1 is 1.62 bits per heavy atom. The fourth-order valence-electron chi connectivity index (χ4n) is 1.21. The quantitative estimate of drug-likeness (QED) is 0.794. The van der Waals surface area contributed by atoms with Crippen LogP contribution in [0.5, 0.6) is 5.75 Å². The molecular formula is C10H10ClNO4. The van der Waals surface area contributed by atoms with Crippen molar-refractivity contribution in [1.82, 2.24) is 0 Å². The molecule has 5 nitrogen and oxygen atoms in total. The Kier molecular flexibility index (Phi) is 4.13. The number of benzene rings is 1. The lowest BCUT2D eigenvalue weighted by molar-refractivity contribution is -0.136. The van der Waals surface area contributed by atoms with Gasteiger partial charge in [0.15, 0.2) is 0 Å². The average molecular weight is 244 g/mol. The lowest BCUT2D eigenvalue weighted by Gasteiger charge is -2.18. The van der Waals surface area contributed by atoms with Crippen LogP contribution in [0.4, 0.5) is 5.69 Å². The summed E-state index contributed by atoms with van der Waals surface area (Å²) in [7, 11) is 1.43. The van der Waals surface area contributed by atoms with Crippen molar-refractivity contribution in [3.05, 3.63) is 23.2 Å². The van der Waals surface area contributed by atoms with Crippen LogP contribution < -0.4 is 9.64 Å². The normalized spacial score (nSPS) is 9.62. The van der Waals surface area contributed by atoms with Crippen LogP contribution in [0.25, 0.3) is 0 Å². The number of carbonyl (C=O) groups is 2. The number of ether oxygens (including phenoxy) is 1. The minimum atomic E-state index is -1.12. The molecule has 0 unspecified atom stereocenters. The molecule has 0 aliphatic carbocycles. The maximum atomic E-state index is 10.8. The monoisotopic (exact) mass is 243 g/mol. The Morgan fingerprint density at radius 3 is 2.81 bits per heavy atom. The predicted octanol–water partition coefficient (Wildman–Crippen LogP) is 1.40. The second-order valence-electron chi connectivity index (χ2n) is 2.94. The lowest BCUT2D eigenvalue weighted by Crippen LogP contribution is -2.28. The maximum Gasteiger partial charge on any atom is 0.323 e. The van der Waals surface area contributed by atoms with Gasteiger partial charge < -0.3 is 14.7 Å². The highest BCUT2D eigenvalue weighted by Crippen LogP contribution is 2.30. The van der Waals surface area contributed by atoms with Crippen LogP contribution in [-0.4, -0.2) is 31.1 Å². The Labute approximate surface area is 97.2 Å². The minimum absolute atomic E-state index is 0.326. The van der Waals surface area contributed by atoms with Crippen LogP contribution in [0.3, 0.4) is 0 Å². The zero-order valence-electron chi connectivity index (χ0n) is 8.51. The summed E-state index contributed by atoms with van der Waals surface area (Å²) in [6.45, 7) is -0.444. The topological polar surface area (TPSA) is 66.8 Å². The fourth-order valence-corrected chi connectivity index (χ4v) is 1.38. The first-order chi connectivity index (χ1) is 7.58. The van der Waals surface area contributed by atoms with Crippen LogP contribution in [-0.2, 0) is 9.59 Å². The zero-order chi connectivity index (χ0) is 12.1. The molecule has 16 heavy (non-hydrogen) atoms. The third kappa shape index (κ3) is 2.87. The fraction of sp³-hybridized carbons (Fsp3) is 0.200. The van der Waals surface area contributed by atoms with Crippen LogP contribution in [0, 0.1) is 0 Å². The number of carboxylic acid groups (broad SMARTS) is 1. The highest BCUT2D eigenvalue weighted by Gasteiger charge is 2.14. The van der Waals surface area contributed by atoms with Gasteiger partial charge in [-0.2, -0.15) is 0 Å². The second kappa shape index (κ2) is 5.37. The summed E-state index contributed by atoms with van der Waals surface area (Å²) in [4.78, 5) is 22.3. The summed E-state index contributed by atoms with van der Waals surface area (Å²) in [6, 6.07) is 4.63. The number of rotatable bonds is 5. The van der Waals surface area contributed by atoms with Gasteiger partial charge in [0, 0.05) is 5.02 Å². The Hall–Kier alpha value is -1.75. The van der Waals surface area contributed by atoms with Gasteiger partial charge in [0.05, 0.1) is 12.8 Å². The van der Waals surface area contributed by atoms with Gasteiger partial charge in [-0.15, -0.1) is 0 Å². The summed E-state index contributed by atoms with van der Waals surface area (Å²) >= 11 is 5.77. The number of hydrogen-bond donors (Lipinski definition) is 1. The molecule has 0 heterocycles. The number of anilines is 1. The Balaban J connectivity index is 3.11. The molecule has 1 amide bonds. The zero-order valence-corrected chi connectivity index (χ0v) is 9.27. The van der Waals surface area contributed by atoms with Gasteiger partial charge in [0.25, 0.3) is 0 Å². The number of nitrogens with zero attached hydrogens (tertiary/aromatic N) is 1. The molecule has 1 aromatic rings. The van der Waals surface area contributed by atoms with Crippen LogP contribution in [0.2, 0.25) is 5.02 Å². The predicted molar refractivity (Wildman–Crippen MR) is 59.0 cm³/mol. The van der Waals surface area contributed by atoms with Gasteiger partial charge in [-0.25, -0.2) is 0 Å². The molecule has 0 fully saturated rings. The first-order valence-electron chi connectivity index (χ1n) is 4.35. The van der Waals surface area contributed by atoms with E-state index >= 15 is 0 Å². The Morgan fingerprint density at radius 2 is 2.31 bits per heavy atom. The van der Waals surface area contributed by atoms with Gasteiger partial charge >= 0.3 is 5.97 Å². The molecule has 1 N–H and O–H groups in total. The summed E-state index contributed by atoms with van der Waals surface area (Å²) in [6.07, 6.45) is 0.419. The summed E-state index contributed by atoms with van der Waals surface area (Å²) < 4.78 is 5.01. The number of aliphatic carboxylic acids is 1. The standard InChI is InChI=1S/C10H10ClNO4/c1-16-9-3-2-7(11)4-8(9)12(6-13)5-10(14)15/h2-4,6H,5H2,1H3,(H,14,15). The highest BCUT2D eigenvalue weighted by molar-refractivity contribution is 6.31. The largest absolute Gasteiger partial charge is 0.495 e. The van der Waals surface area contributed by atoms with Crippen molar-refractivity contribution in [3.8, 4) is 5.75 Å². The summed E-state index contributed by atoms with van der Waals surface area (Å²) in [5.74, 6) is -0.730. The van der Waals surface area contributed by atoms with E-state index in [1.54, 1.807) is 12.1 Å². The van der Waals surface area contributed by atoms with E-state index in [9.17, 15) is 9.59 Å². The first-order valence-corrected chi connectivity index (χ1v) is 4.73. The van der Waals surface area contributed by atoms with Crippen molar-refractivity contribution in [3.63, 3.8) is 0 Å². The number of carboxylic acids is 1. The molecule has 0 aliphatic rings. The third-order valence-electron chi connectivity index (χ3n) is 1.88. The average Bonchev–Trinajstić information content (AvgIpc) is 2.25. The molecular weight excluding hydrogens is 234 g/mol. The van der Waals surface area contributed by atoms with Crippen molar-refractivity contribution in [2.24, 2.45) is 0 Å². The molecule has 0 saturated heterocycles. The van der Waals surface area contributed by atoms with Crippen molar-refractivity contribution in [2.75, 3.05) is 18.6 Å². The second-order valence-corrected chi connectivity index (χ2v) is 3.38. The first kappa shape index (κ1) is 12.3. The minimum Gasteiger partial charge on any atom is -0.495 e. The number of halogens is 1. The molecule has 0 aromatic heterocycles. The van der Waals surface area contributed by atoms with E-state index in [1.807, 2.05) is 0 Å².